The summed E-state index contributed by atoms with van der Waals surface area (Å²) in [6.07, 6.45) is 7.28. The molecule has 158 valence electrons. The van der Waals surface area contributed by atoms with Gasteiger partial charge in [0.05, 0.1) is 18.3 Å². The van der Waals surface area contributed by atoms with E-state index in [1.165, 1.54) is 24.0 Å². The first kappa shape index (κ1) is 21.8. The highest BCUT2D eigenvalue weighted by Gasteiger charge is 2.34. The van der Waals surface area contributed by atoms with Crippen molar-refractivity contribution < 1.29 is 4.79 Å². The quantitative estimate of drug-likeness (QED) is 0.720. The first-order valence-electron chi connectivity index (χ1n) is 10.6. The minimum atomic E-state index is -0.122. The Balaban J connectivity index is 0.00000240. The van der Waals surface area contributed by atoms with Gasteiger partial charge in [-0.15, -0.1) is 17.5 Å². The van der Waals surface area contributed by atoms with E-state index in [4.69, 9.17) is 0 Å². The van der Waals surface area contributed by atoms with Gasteiger partial charge in [-0.05, 0) is 68.2 Å². The van der Waals surface area contributed by atoms with Crippen LogP contribution >= 0.6 is 12.4 Å². The summed E-state index contributed by atoms with van der Waals surface area (Å²) < 4.78 is 1.86. The van der Waals surface area contributed by atoms with E-state index < -0.39 is 0 Å². The third kappa shape index (κ3) is 5.58. The fourth-order valence-electron chi connectivity index (χ4n) is 4.08. The van der Waals surface area contributed by atoms with E-state index in [-0.39, 0.29) is 24.4 Å². The Labute approximate surface area is 179 Å². The van der Waals surface area contributed by atoms with Crippen LogP contribution < -0.4 is 10.6 Å². The number of nitrogens with zero attached hydrogens (tertiary/aromatic N) is 3. The number of rotatable bonds is 7. The predicted octanol–water partition coefficient (Wildman–Crippen LogP) is 3.70. The second-order valence-corrected chi connectivity index (χ2v) is 8.69. The average Bonchev–Trinajstić information content (AvgIpc) is 3.42. The molecule has 1 saturated carbocycles. The summed E-state index contributed by atoms with van der Waals surface area (Å²) in [6, 6.07) is 9.14. The zero-order valence-electron chi connectivity index (χ0n) is 17.3. The molecule has 1 aromatic heterocycles. The third-order valence-corrected chi connectivity index (χ3v) is 5.79. The van der Waals surface area contributed by atoms with Crippen LogP contribution in [0.15, 0.2) is 30.5 Å². The molecule has 1 atom stereocenters. The molecule has 0 radical (unpaired) electrons. The van der Waals surface area contributed by atoms with Crippen molar-refractivity contribution in [2.75, 3.05) is 13.1 Å². The first-order chi connectivity index (χ1) is 13.6. The van der Waals surface area contributed by atoms with Crippen molar-refractivity contribution in [3.8, 4) is 0 Å². The maximum Gasteiger partial charge on any atom is 0.273 e. The maximum atomic E-state index is 12.8. The van der Waals surface area contributed by atoms with Gasteiger partial charge in [0.25, 0.3) is 5.91 Å². The number of aromatic nitrogens is 3. The lowest BCUT2D eigenvalue weighted by Gasteiger charge is -2.22. The number of benzene rings is 1. The summed E-state index contributed by atoms with van der Waals surface area (Å²) >= 11 is 0. The molecule has 1 amide bonds. The van der Waals surface area contributed by atoms with Gasteiger partial charge >= 0.3 is 0 Å². The highest BCUT2D eigenvalue weighted by atomic mass is 35.5. The molecule has 2 aromatic rings. The molecule has 1 unspecified atom stereocenters. The molecule has 0 spiro atoms. The molecule has 6 nitrogen and oxygen atoms in total. The van der Waals surface area contributed by atoms with Crippen LogP contribution in [0.3, 0.4) is 0 Å². The molecule has 1 aliphatic carbocycles. The number of nitrogens with one attached hydrogen (secondary N) is 2. The molecule has 1 saturated heterocycles. The fraction of sp³-hybridized carbons (Fsp3) is 0.591. The highest BCUT2D eigenvalue weighted by Crippen LogP contribution is 2.41. The molecule has 0 bridgehead atoms. The standard InChI is InChI=1S/C22H31N5O.ClH/c1-15(2)13-16-3-5-17(6-4-16)21(18-7-8-18)24-22(28)20-14-27(26-25-20)19-9-11-23-12-10-19;/h3-6,14-15,18-19,21,23H,7-13H2,1-2H3,(H,24,28);1H. The summed E-state index contributed by atoms with van der Waals surface area (Å²) in [5.41, 5.74) is 2.96. The second kappa shape index (κ2) is 9.72. The van der Waals surface area contributed by atoms with E-state index >= 15 is 0 Å². The Morgan fingerprint density at radius 1 is 1.17 bits per heavy atom. The predicted molar refractivity (Wildman–Crippen MR) is 116 cm³/mol. The normalized spacial score (nSPS) is 18.3. The van der Waals surface area contributed by atoms with Crippen molar-refractivity contribution in [1.82, 2.24) is 25.6 Å². The number of hydrogen-bond acceptors (Lipinski definition) is 4. The van der Waals surface area contributed by atoms with Crippen LogP contribution in [0.5, 0.6) is 0 Å². The van der Waals surface area contributed by atoms with Gasteiger partial charge in [-0.3, -0.25) is 4.79 Å². The molecule has 1 aromatic carbocycles. The van der Waals surface area contributed by atoms with Crippen molar-refractivity contribution in [2.24, 2.45) is 11.8 Å². The Morgan fingerprint density at radius 3 is 2.48 bits per heavy atom. The van der Waals surface area contributed by atoms with Crippen molar-refractivity contribution in [1.29, 1.82) is 0 Å². The monoisotopic (exact) mass is 417 g/mol. The van der Waals surface area contributed by atoms with E-state index in [1.807, 2.05) is 4.68 Å². The minimum Gasteiger partial charge on any atom is -0.344 e. The number of amides is 1. The Morgan fingerprint density at radius 2 is 1.86 bits per heavy atom. The molecular formula is C22H32ClN5O. The zero-order chi connectivity index (χ0) is 19.5. The van der Waals surface area contributed by atoms with Gasteiger partial charge in [0.15, 0.2) is 5.69 Å². The number of piperidine rings is 1. The molecule has 4 rings (SSSR count). The zero-order valence-corrected chi connectivity index (χ0v) is 18.1. The van der Waals surface area contributed by atoms with Gasteiger partial charge in [0.1, 0.15) is 0 Å². The molecule has 2 heterocycles. The summed E-state index contributed by atoms with van der Waals surface area (Å²) in [6.45, 7) is 6.45. The molecule has 29 heavy (non-hydrogen) atoms. The van der Waals surface area contributed by atoms with E-state index in [9.17, 15) is 4.79 Å². The van der Waals surface area contributed by atoms with Gasteiger partial charge in [0.2, 0.25) is 0 Å². The lowest BCUT2D eigenvalue weighted by atomic mass is 9.97. The van der Waals surface area contributed by atoms with Crippen LogP contribution in [0.2, 0.25) is 0 Å². The lowest BCUT2D eigenvalue weighted by molar-refractivity contribution is 0.0926. The number of hydrogen-bond donors (Lipinski definition) is 2. The summed E-state index contributed by atoms with van der Waals surface area (Å²) in [7, 11) is 0. The minimum absolute atomic E-state index is 0. The molecule has 7 heteroatoms. The summed E-state index contributed by atoms with van der Waals surface area (Å²) in [5, 5.41) is 14.9. The summed E-state index contributed by atoms with van der Waals surface area (Å²) in [5.74, 6) is 1.05. The van der Waals surface area contributed by atoms with E-state index in [1.54, 1.807) is 6.20 Å². The number of carbonyl (C=O) groups excluding carboxylic acids is 1. The molecule has 2 N–H and O–H groups in total. The van der Waals surface area contributed by atoms with Crippen LogP contribution in [0.4, 0.5) is 0 Å². The topological polar surface area (TPSA) is 71.8 Å². The van der Waals surface area contributed by atoms with Crippen LogP contribution in [0, 0.1) is 11.8 Å². The fourth-order valence-corrected chi connectivity index (χ4v) is 4.08. The molecular weight excluding hydrogens is 386 g/mol. The van der Waals surface area contributed by atoms with Gasteiger partial charge in [-0.2, -0.15) is 0 Å². The maximum absolute atomic E-state index is 12.8. The van der Waals surface area contributed by atoms with Crippen molar-refractivity contribution in [3.63, 3.8) is 0 Å². The highest BCUT2D eigenvalue weighted by molar-refractivity contribution is 5.92. The van der Waals surface area contributed by atoms with Crippen molar-refractivity contribution in [2.45, 2.75) is 58.0 Å². The van der Waals surface area contributed by atoms with E-state index in [2.05, 4.69) is 59.1 Å². The largest absolute Gasteiger partial charge is 0.344 e. The van der Waals surface area contributed by atoms with E-state index in [0.29, 0.717) is 23.6 Å². The van der Waals surface area contributed by atoms with Crippen LogP contribution in [-0.4, -0.2) is 34.0 Å². The molecule has 2 fully saturated rings. The Hall–Kier alpha value is -1.92. The van der Waals surface area contributed by atoms with Crippen molar-refractivity contribution in [3.05, 3.63) is 47.3 Å². The van der Waals surface area contributed by atoms with Gasteiger partial charge in [-0.1, -0.05) is 43.3 Å². The Bertz CT molecular complexity index is 794. The number of carbonyl (C=O) groups is 1. The SMILES string of the molecule is CC(C)Cc1ccc(C(NC(=O)c2cn(C3CCNCC3)nn2)C2CC2)cc1.Cl. The van der Waals surface area contributed by atoms with E-state index in [0.717, 1.165) is 32.4 Å². The lowest BCUT2D eigenvalue weighted by Crippen LogP contribution is -2.30. The summed E-state index contributed by atoms with van der Waals surface area (Å²) in [4.78, 5) is 12.8. The second-order valence-electron chi connectivity index (χ2n) is 8.69. The van der Waals surface area contributed by atoms with Crippen molar-refractivity contribution >= 4 is 18.3 Å². The third-order valence-electron chi connectivity index (χ3n) is 5.79. The molecule has 2 aliphatic rings. The van der Waals surface area contributed by atoms with Crippen LogP contribution in [0.1, 0.15) is 73.2 Å². The van der Waals surface area contributed by atoms with Crippen LogP contribution in [0.25, 0.3) is 0 Å². The van der Waals surface area contributed by atoms with Crippen LogP contribution in [-0.2, 0) is 6.42 Å². The molecule has 1 aliphatic heterocycles. The van der Waals surface area contributed by atoms with Gasteiger partial charge < -0.3 is 10.6 Å². The van der Waals surface area contributed by atoms with Gasteiger partial charge in [-0.25, -0.2) is 4.68 Å². The smallest absolute Gasteiger partial charge is 0.273 e. The average molecular weight is 418 g/mol. The number of halogens is 1. The Kier molecular flexibility index (Phi) is 7.30. The van der Waals surface area contributed by atoms with Gasteiger partial charge in [0, 0.05) is 0 Å². The first-order valence-corrected chi connectivity index (χ1v) is 10.6.